The summed E-state index contributed by atoms with van der Waals surface area (Å²) < 4.78 is 0. The van der Waals surface area contributed by atoms with Gasteiger partial charge in [-0.2, -0.15) is 11.3 Å². The molecule has 3 aromatic rings. The van der Waals surface area contributed by atoms with Crippen LogP contribution in [0.15, 0.2) is 41.1 Å². The normalized spacial score (nSPS) is 20.6. The van der Waals surface area contributed by atoms with E-state index in [0.717, 1.165) is 50.0 Å². The van der Waals surface area contributed by atoms with Gasteiger partial charge in [0.25, 0.3) is 0 Å². The molecule has 5 rings (SSSR count). The first kappa shape index (κ1) is 17.9. The smallest absolute Gasteiger partial charge is 0.134 e. The molecule has 3 nitrogen and oxygen atoms in total. The van der Waals surface area contributed by atoms with E-state index < -0.39 is 0 Å². The highest BCUT2D eigenvalue weighted by molar-refractivity contribution is 7.07. The van der Waals surface area contributed by atoms with E-state index in [4.69, 9.17) is 10.7 Å². The second-order valence-electron chi connectivity index (χ2n) is 8.40. The summed E-state index contributed by atoms with van der Waals surface area (Å²) in [5.41, 5.74) is 15.5. The molecule has 2 heterocycles. The molecular formula is C24H27N3S. The maximum atomic E-state index is 6.12. The Morgan fingerprint density at radius 2 is 1.96 bits per heavy atom. The van der Waals surface area contributed by atoms with Crippen LogP contribution in [0.3, 0.4) is 0 Å². The number of thiophene rings is 1. The monoisotopic (exact) mass is 389 g/mol. The van der Waals surface area contributed by atoms with Gasteiger partial charge in [0.2, 0.25) is 0 Å². The number of rotatable bonds is 4. The Labute approximate surface area is 171 Å². The van der Waals surface area contributed by atoms with Crippen LogP contribution < -0.4 is 11.1 Å². The van der Waals surface area contributed by atoms with Crippen LogP contribution in [0, 0.1) is 6.92 Å². The van der Waals surface area contributed by atoms with Crippen molar-refractivity contribution in [1.82, 2.24) is 4.98 Å². The number of nitrogens with two attached hydrogens (primary N) is 1. The van der Waals surface area contributed by atoms with Crippen molar-refractivity contribution >= 4 is 17.2 Å². The molecule has 3 N–H and O–H groups in total. The van der Waals surface area contributed by atoms with Crippen LogP contribution in [-0.2, 0) is 12.8 Å². The minimum absolute atomic E-state index is 0.366. The van der Waals surface area contributed by atoms with E-state index in [1.165, 1.54) is 33.4 Å². The first-order valence-electron chi connectivity index (χ1n) is 10.3. The van der Waals surface area contributed by atoms with Gasteiger partial charge >= 0.3 is 0 Å². The maximum Gasteiger partial charge on any atom is 0.134 e. The SMILES string of the molecule is Cc1ccc2c(c1)Cc1cc(Cc3ccsc3)nc(NC3CCC(N)CC3)c1-2. The average molecular weight is 390 g/mol. The van der Waals surface area contributed by atoms with Gasteiger partial charge in [0.05, 0.1) is 0 Å². The fourth-order valence-corrected chi connectivity index (χ4v) is 5.34. The largest absolute Gasteiger partial charge is 0.367 e. The van der Waals surface area contributed by atoms with Crippen molar-refractivity contribution in [1.29, 1.82) is 0 Å². The molecule has 0 atom stereocenters. The quantitative estimate of drug-likeness (QED) is 0.498. The predicted molar refractivity (Wildman–Crippen MR) is 118 cm³/mol. The highest BCUT2D eigenvalue weighted by atomic mass is 32.1. The van der Waals surface area contributed by atoms with Crippen molar-refractivity contribution in [2.75, 3.05) is 5.32 Å². The lowest BCUT2D eigenvalue weighted by Crippen LogP contribution is -2.33. The van der Waals surface area contributed by atoms with Crippen LogP contribution in [0.4, 0.5) is 5.82 Å². The summed E-state index contributed by atoms with van der Waals surface area (Å²) in [6.45, 7) is 2.17. The van der Waals surface area contributed by atoms with Crippen LogP contribution in [0.25, 0.3) is 11.1 Å². The zero-order valence-corrected chi connectivity index (χ0v) is 17.2. The fraction of sp³-hybridized carbons (Fsp3) is 0.375. The molecule has 2 aliphatic rings. The third kappa shape index (κ3) is 3.47. The Kier molecular flexibility index (Phi) is 4.69. The van der Waals surface area contributed by atoms with Gasteiger partial charge in [-0.3, -0.25) is 0 Å². The molecule has 0 spiro atoms. The zero-order valence-electron chi connectivity index (χ0n) is 16.4. The first-order chi connectivity index (χ1) is 13.7. The van der Waals surface area contributed by atoms with Gasteiger partial charge in [0.1, 0.15) is 5.82 Å². The molecule has 0 unspecified atom stereocenters. The number of benzene rings is 1. The van der Waals surface area contributed by atoms with Crippen molar-refractivity contribution in [2.45, 2.75) is 57.5 Å². The van der Waals surface area contributed by atoms with Gasteiger partial charge in [0.15, 0.2) is 0 Å². The average Bonchev–Trinajstić information content (AvgIpc) is 3.30. The van der Waals surface area contributed by atoms with Crippen molar-refractivity contribution < 1.29 is 0 Å². The van der Waals surface area contributed by atoms with E-state index in [-0.39, 0.29) is 0 Å². The summed E-state index contributed by atoms with van der Waals surface area (Å²) in [5, 5.41) is 8.18. The van der Waals surface area contributed by atoms with Crippen molar-refractivity contribution in [3.63, 3.8) is 0 Å². The molecule has 1 fully saturated rings. The minimum atomic E-state index is 0.366. The molecule has 2 aliphatic carbocycles. The van der Waals surface area contributed by atoms with Gasteiger partial charge in [-0.15, -0.1) is 0 Å². The third-order valence-corrected chi connectivity index (χ3v) is 6.88. The van der Waals surface area contributed by atoms with Crippen molar-refractivity contribution in [3.05, 3.63) is 69.0 Å². The summed E-state index contributed by atoms with van der Waals surface area (Å²) >= 11 is 1.75. The van der Waals surface area contributed by atoms with E-state index in [9.17, 15) is 0 Å². The fourth-order valence-electron chi connectivity index (χ4n) is 4.67. The molecule has 28 heavy (non-hydrogen) atoms. The summed E-state index contributed by atoms with van der Waals surface area (Å²) in [7, 11) is 0. The van der Waals surface area contributed by atoms with E-state index >= 15 is 0 Å². The molecular weight excluding hydrogens is 362 g/mol. The van der Waals surface area contributed by atoms with Crippen molar-refractivity contribution in [3.8, 4) is 11.1 Å². The molecule has 0 radical (unpaired) electrons. The first-order valence-corrected chi connectivity index (χ1v) is 11.3. The van der Waals surface area contributed by atoms with Crippen molar-refractivity contribution in [2.24, 2.45) is 5.73 Å². The Balaban J connectivity index is 1.52. The van der Waals surface area contributed by atoms with Gasteiger partial charge in [0, 0.05) is 29.8 Å². The number of aromatic nitrogens is 1. The standard InChI is InChI=1S/C24H27N3S/c1-15-2-7-22-17(10-15)12-18-13-21(11-16-8-9-28-14-16)27-24(23(18)22)26-20-5-3-19(25)4-6-20/h2,7-10,13-14,19-20H,3-6,11-12,25H2,1H3,(H,26,27). The number of hydrogen-bond acceptors (Lipinski definition) is 4. The summed E-state index contributed by atoms with van der Waals surface area (Å²) in [5.74, 6) is 1.07. The molecule has 4 heteroatoms. The van der Waals surface area contributed by atoms with E-state index in [1.54, 1.807) is 11.3 Å². The van der Waals surface area contributed by atoms with Crippen LogP contribution in [0.1, 0.15) is 53.6 Å². The lowest BCUT2D eigenvalue weighted by atomic mass is 9.91. The minimum Gasteiger partial charge on any atom is -0.367 e. The molecule has 0 saturated heterocycles. The number of fused-ring (bicyclic) bond motifs is 3. The van der Waals surface area contributed by atoms with Crippen LogP contribution in [0.5, 0.6) is 0 Å². The van der Waals surface area contributed by atoms with E-state index in [1.807, 2.05) is 0 Å². The Hall–Kier alpha value is -2.17. The van der Waals surface area contributed by atoms with Crippen LogP contribution in [0.2, 0.25) is 0 Å². The number of nitrogens with zero attached hydrogens (tertiary/aromatic N) is 1. The second-order valence-corrected chi connectivity index (χ2v) is 9.18. The molecule has 0 aliphatic heterocycles. The molecule has 0 amide bonds. The number of anilines is 1. The topological polar surface area (TPSA) is 50.9 Å². The van der Waals surface area contributed by atoms with Gasteiger partial charge in [-0.25, -0.2) is 4.98 Å². The van der Waals surface area contributed by atoms with Gasteiger partial charge < -0.3 is 11.1 Å². The van der Waals surface area contributed by atoms with Gasteiger partial charge in [-0.05, 0) is 84.2 Å². The lowest BCUT2D eigenvalue weighted by Gasteiger charge is -2.28. The number of nitrogens with one attached hydrogen (secondary N) is 1. The Bertz CT molecular complexity index is 985. The molecule has 1 aromatic carbocycles. The number of hydrogen-bond donors (Lipinski definition) is 2. The highest BCUT2D eigenvalue weighted by Crippen LogP contribution is 2.42. The second kappa shape index (κ2) is 7.34. The van der Waals surface area contributed by atoms with E-state index in [0.29, 0.717) is 12.1 Å². The molecule has 0 bridgehead atoms. The number of pyridine rings is 1. The molecule has 144 valence electrons. The Morgan fingerprint density at radius 3 is 2.75 bits per heavy atom. The Morgan fingerprint density at radius 1 is 1.11 bits per heavy atom. The number of aryl methyl sites for hydroxylation is 1. The molecule has 2 aromatic heterocycles. The van der Waals surface area contributed by atoms with Crippen LogP contribution in [-0.4, -0.2) is 17.1 Å². The van der Waals surface area contributed by atoms with Gasteiger partial charge in [-0.1, -0.05) is 23.8 Å². The lowest BCUT2D eigenvalue weighted by molar-refractivity contribution is 0.410. The third-order valence-electron chi connectivity index (χ3n) is 6.14. The maximum absolute atomic E-state index is 6.12. The zero-order chi connectivity index (χ0) is 19.1. The van der Waals surface area contributed by atoms with E-state index in [2.05, 4.69) is 53.3 Å². The summed E-state index contributed by atoms with van der Waals surface area (Å²) in [6.07, 6.45) is 6.38. The summed E-state index contributed by atoms with van der Waals surface area (Å²) in [4.78, 5) is 5.12. The predicted octanol–water partition coefficient (Wildman–Crippen LogP) is 5.30. The molecule has 1 saturated carbocycles. The highest BCUT2D eigenvalue weighted by Gasteiger charge is 2.26. The van der Waals surface area contributed by atoms with Crippen LogP contribution >= 0.6 is 11.3 Å². The summed E-state index contributed by atoms with van der Waals surface area (Å²) in [6, 6.07) is 12.2.